The Bertz CT molecular complexity index is 1560. The monoisotopic (exact) mass is 631 g/mol. The van der Waals surface area contributed by atoms with Crippen molar-refractivity contribution in [2.75, 3.05) is 0 Å². The highest BCUT2D eigenvalue weighted by Crippen LogP contribution is 2.72. The van der Waals surface area contributed by atoms with Crippen LogP contribution in [-0.2, 0) is 19.7 Å². The van der Waals surface area contributed by atoms with Crippen molar-refractivity contribution in [1.82, 2.24) is 9.97 Å². The van der Waals surface area contributed by atoms with Gasteiger partial charge >= 0.3 is 5.97 Å². The molecule has 1 aromatic carbocycles. The average Bonchev–Trinajstić information content (AvgIpc) is 3.59. The molecule has 4 saturated carbocycles. The topological polar surface area (TPSA) is 98.1 Å². The van der Waals surface area contributed by atoms with Gasteiger partial charge in [-0.15, -0.1) is 0 Å². The molecule has 5 aliphatic carbocycles. The van der Waals surface area contributed by atoms with Crippen molar-refractivity contribution in [2.45, 2.75) is 116 Å². The number of fused-ring (bicyclic) bond motifs is 7. The van der Waals surface area contributed by atoms with Crippen molar-refractivity contribution in [1.29, 1.82) is 0 Å². The summed E-state index contributed by atoms with van der Waals surface area (Å²) in [6, 6.07) is 7.81. The fraction of sp³-hybridized carbons (Fsp3) is 0.658. The van der Waals surface area contributed by atoms with Crippen LogP contribution in [0.3, 0.4) is 0 Å². The minimum Gasteiger partial charge on any atom is -0.462 e. The van der Waals surface area contributed by atoms with E-state index >= 15 is 0 Å². The Morgan fingerprint density at radius 1 is 1.02 bits per heavy atom. The van der Waals surface area contributed by atoms with Crippen LogP contribution in [0.1, 0.15) is 105 Å². The number of aromatic amines is 1. The van der Waals surface area contributed by atoms with Crippen LogP contribution >= 0.6 is 11.6 Å². The molecule has 0 aliphatic heterocycles. The highest BCUT2D eigenvalue weighted by molar-refractivity contribution is 6.30. The molecule has 45 heavy (non-hydrogen) atoms. The van der Waals surface area contributed by atoms with Crippen LogP contribution in [0, 0.1) is 40.4 Å². The van der Waals surface area contributed by atoms with E-state index in [9.17, 15) is 9.59 Å². The second-order valence-corrected chi connectivity index (χ2v) is 16.6. The van der Waals surface area contributed by atoms with Crippen LogP contribution < -0.4 is 5.73 Å². The SMILES string of the molecule is CC(=O)OC1CCC2(C)C(CCC3(C)C4CCC5(c6ncc(-c7ccc(Cl)cc7)[nH]6)CC(=O)C(C(C)C)=C5C4(N)CCC23)C1C. The van der Waals surface area contributed by atoms with Gasteiger partial charge in [0.15, 0.2) is 5.78 Å². The van der Waals surface area contributed by atoms with E-state index in [1.165, 1.54) is 5.57 Å². The molecule has 6 nitrogen and oxygen atoms in total. The number of benzene rings is 1. The number of nitrogens with one attached hydrogen (secondary N) is 1. The van der Waals surface area contributed by atoms with E-state index in [4.69, 9.17) is 27.1 Å². The van der Waals surface area contributed by atoms with Crippen LogP contribution in [0.5, 0.6) is 0 Å². The summed E-state index contributed by atoms with van der Waals surface area (Å²) in [4.78, 5) is 34.6. The molecule has 7 rings (SSSR count). The summed E-state index contributed by atoms with van der Waals surface area (Å²) in [5, 5.41) is 0.701. The van der Waals surface area contributed by atoms with Gasteiger partial charge in [0, 0.05) is 23.9 Å². The van der Waals surface area contributed by atoms with Crippen molar-refractivity contribution >= 4 is 23.4 Å². The van der Waals surface area contributed by atoms with Crippen LogP contribution in [0.25, 0.3) is 11.3 Å². The molecular formula is C38H50ClN3O3. The Morgan fingerprint density at radius 3 is 2.40 bits per heavy atom. The highest BCUT2D eigenvalue weighted by Gasteiger charge is 2.69. The Balaban J connectivity index is 1.28. The van der Waals surface area contributed by atoms with Gasteiger partial charge in [0.05, 0.1) is 17.3 Å². The number of imidazole rings is 1. The van der Waals surface area contributed by atoms with Gasteiger partial charge in [-0.2, -0.15) is 0 Å². The zero-order valence-electron chi connectivity index (χ0n) is 27.8. The van der Waals surface area contributed by atoms with E-state index in [0.29, 0.717) is 35.1 Å². The minimum atomic E-state index is -0.549. The number of carbonyl (C=O) groups is 2. The number of nitrogens with zero attached hydrogens (tertiary/aromatic N) is 1. The van der Waals surface area contributed by atoms with E-state index in [-0.39, 0.29) is 34.6 Å². The lowest BCUT2D eigenvalue weighted by Crippen LogP contribution is -2.69. The third-order valence-corrected chi connectivity index (χ3v) is 14.1. The number of ketones is 1. The number of aromatic nitrogens is 2. The number of carbonyl (C=O) groups excluding carboxylic acids is 2. The van der Waals surface area contributed by atoms with Crippen molar-refractivity contribution in [3.05, 3.63) is 52.5 Å². The molecule has 1 aromatic heterocycles. The van der Waals surface area contributed by atoms with E-state index < -0.39 is 11.0 Å². The fourth-order valence-corrected chi connectivity index (χ4v) is 12.2. The lowest BCUT2D eigenvalue weighted by atomic mass is 9.36. The van der Waals surface area contributed by atoms with Gasteiger partial charge in [0.25, 0.3) is 0 Å². The van der Waals surface area contributed by atoms with Crippen LogP contribution in [0.4, 0.5) is 0 Å². The van der Waals surface area contributed by atoms with Gasteiger partial charge in [0.1, 0.15) is 11.9 Å². The first kappa shape index (κ1) is 31.2. The number of allylic oxidation sites excluding steroid dienone is 1. The molecule has 0 amide bonds. The van der Waals surface area contributed by atoms with Gasteiger partial charge in [-0.1, -0.05) is 58.4 Å². The molecule has 0 saturated heterocycles. The Kier molecular flexibility index (Phi) is 7.30. The van der Waals surface area contributed by atoms with Crippen LogP contribution in [-0.4, -0.2) is 33.4 Å². The molecule has 242 valence electrons. The van der Waals surface area contributed by atoms with E-state index in [0.717, 1.165) is 74.0 Å². The van der Waals surface area contributed by atoms with E-state index in [1.54, 1.807) is 6.92 Å². The molecule has 0 bridgehead atoms. The summed E-state index contributed by atoms with van der Waals surface area (Å²) in [6.07, 6.45) is 10.5. The molecule has 7 heteroatoms. The molecule has 2 aromatic rings. The number of nitrogens with two attached hydrogens (primary N) is 1. The molecule has 5 aliphatic rings. The molecule has 1 heterocycles. The van der Waals surface area contributed by atoms with Gasteiger partial charge in [-0.25, -0.2) is 4.98 Å². The van der Waals surface area contributed by atoms with Crippen molar-refractivity contribution < 1.29 is 14.3 Å². The lowest BCUT2D eigenvalue weighted by Gasteiger charge is -2.69. The molecule has 9 unspecified atom stereocenters. The number of ether oxygens (including phenoxy) is 1. The highest BCUT2D eigenvalue weighted by atomic mass is 35.5. The minimum absolute atomic E-state index is 0.0201. The maximum Gasteiger partial charge on any atom is 0.302 e. The fourth-order valence-electron chi connectivity index (χ4n) is 12.1. The van der Waals surface area contributed by atoms with Crippen LogP contribution in [0.15, 0.2) is 41.6 Å². The third-order valence-electron chi connectivity index (χ3n) is 13.8. The molecule has 0 radical (unpaired) electrons. The van der Waals surface area contributed by atoms with Gasteiger partial charge in [-0.3, -0.25) is 9.59 Å². The van der Waals surface area contributed by atoms with Gasteiger partial charge in [-0.05, 0) is 121 Å². The van der Waals surface area contributed by atoms with Crippen molar-refractivity contribution in [3.63, 3.8) is 0 Å². The number of halogens is 1. The molecule has 9 atom stereocenters. The number of H-pyrrole nitrogens is 1. The number of esters is 1. The quantitative estimate of drug-likeness (QED) is 0.332. The summed E-state index contributed by atoms with van der Waals surface area (Å²) < 4.78 is 5.83. The Morgan fingerprint density at radius 2 is 1.71 bits per heavy atom. The van der Waals surface area contributed by atoms with Crippen LogP contribution in [0.2, 0.25) is 5.02 Å². The maximum atomic E-state index is 14.0. The zero-order valence-corrected chi connectivity index (χ0v) is 28.6. The molecule has 3 N–H and O–H groups in total. The largest absolute Gasteiger partial charge is 0.462 e. The molecule has 4 fully saturated rings. The second kappa shape index (κ2) is 10.5. The predicted molar refractivity (Wildman–Crippen MR) is 177 cm³/mol. The van der Waals surface area contributed by atoms with Gasteiger partial charge < -0.3 is 15.5 Å². The first-order chi connectivity index (χ1) is 21.2. The summed E-state index contributed by atoms with van der Waals surface area (Å²) in [5.41, 5.74) is 11.2. The molecule has 0 spiro atoms. The number of hydrogen-bond donors (Lipinski definition) is 2. The van der Waals surface area contributed by atoms with Crippen molar-refractivity contribution in [2.24, 2.45) is 46.2 Å². The standard InChI is InChI=1S/C38H50ClN3O3/c1-21(2)32-28(44)19-37(34-41-20-27(42-34)24-7-9-25(39)10-8-24)17-13-31-36(6)15-11-26-22(3)29(45-23(4)43)12-16-35(26,5)30(36)14-18-38(31,40)33(32)37/h7-10,20-22,26,29-31H,11-19,40H2,1-6H3,(H,41,42). The lowest BCUT2D eigenvalue weighted by molar-refractivity contribution is -0.191. The zero-order chi connectivity index (χ0) is 32.1. The maximum absolute atomic E-state index is 14.0. The van der Waals surface area contributed by atoms with Gasteiger partial charge in [0.2, 0.25) is 0 Å². The first-order valence-electron chi connectivity index (χ1n) is 17.3. The number of hydrogen-bond acceptors (Lipinski definition) is 5. The summed E-state index contributed by atoms with van der Waals surface area (Å²) in [6.45, 7) is 13.3. The predicted octanol–water partition coefficient (Wildman–Crippen LogP) is 8.20. The number of Topliss-reactive ketones (excluding diaryl/α,β-unsaturated/α-hetero) is 1. The first-order valence-corrected chi connectivity index (χ1v) is 17.7. The normalized spacial score (nSPS) is 40.9. The Hall–Kier alpha value is -2.44. The van der Waals surface area contributed by atoms with E-state index in [2.05, 4.69) is 39.6 Å². The average molecular weight is 632 g/mol. The second-order valence-electron chi connectivity index (χ2n) is 16.2. The summed E-state index contributed by atoms with van der Waals surface area (Å²) in [5.74, 6) is 2.83. The third kappa shape index (κ3) is 4.40. The van der Waals surface area contributed by atoms with Crippen molar-refractivity contribution in [3.8, 4) is 11.3 Å². The molecular weight excluding hydrogens is 582 g/mol. The number of rotatable bonds is 4. The summed E-state index contributed by atoms with van der Waals surface area (Å²) in [7, 11) is 0. The Labute approximate surface area is 273 Å². The smallest absolute Gasteiger partial charge is 0.302 e. The van der Waals surface area contributed by atoms with E-state index in [1.807, 2.05) is 30.5 Å². The summed E-state index contributed by atoms with van der Waals surface area (Å²) >= 11 is 6.18.